The summed E-state index contributed by atoms with van der Waals surface area (Å²) in [6, 6.07) is 21.5. The third kappa shape index (κ3) is 3.43. The van der Waals surface area contributed by atoms with Gasteiger partial charge in [-0.05, 0) is 49.6 Å². The Labute approximate surface area is 127 Å². The Bertz CT molecular complexity index is 551. The molecule has 2 aromatic carbocycles. The van der Waals surface area contributed by atoms with E-state index in [9.17, 15) is 0 Å². The zero-order valence-corrected chi connectivity index (χ0v) is 12.8. The van der Waals surface area contributed by atoms with Crippen molar-refractivity contribution in [1.82, 2.24) is 4.90 Å². The predicted octanol–water partition coefficient (Wildman–Crippen LogP) is 4.60. The summed E-state index contributed by atoms with van der Waals surface area (Å²) in [7, 11) is 0. The van der Waals surface area contributed by atoms with Crippen molar-refractivity contribution in [3.8, 4) is 0 Å². The number of hydrogen-bond donors (Lipinski definition) is 0. The lowest BCUT2D eigenvalue weighted by atomic mass is 9.93. The van der Waals surface area contributed by atoms with Crippen LogP contribution in [0.5, 0.6) is 0 Å². The molecule has 3 rings (SSSR count). The zero-order chi connectivity index (χ0) is 14.5. The van der Waals surface area contributed by atoms with Crippen molar-refractivity contribution >= 4 is 5.57 Å². The highest BCUT2D eigenvalue weighted by atomic mass is 15.1. The largest absolute Gasteiger partial charge is 0.299 e. The lowest BCUT2D eigenvalue weighted by Crippen LogP contribution is -2.21. The first-order valence-corrected chi connectivity index (χ1v) is 7.87. The van der Waals surface area contributed by atoms with Gasteiger partial charge in [-0.2, -0.15) is 0 Å². The number of likely N-dealkylation sites (tertiary alicyclic amines) is 1. The molecule has 1 nitrogen and oxygen atoms in total. The Morgan fingerprint density at radius 3 is 1.76 bits per heavy atom. The van der Waals surface area contributed by atoms with E-state index in [1.807, 2.05) is 0 Å². The van der Waals surface area contributed by atoms with Crippen LogP contribution in [-0.2, 0) is 0 Å². The summed E-state index contributed by atoms with van der Waals surface area (Å²) in [6.07, 6.45) is 2.69. The van der Waals surface area contributed by atoms with E-state index < -0.39 is 0 Å². The number of hydrogen-bond acceptors (Lipinski definition) is 1. The van der Waals surface area contributed by atoms with Crippen molar-refractivity contribution in [2.24, 2.45) is 0 Å². The fourth-order valence-corrected chi connectivity index (χ4v) is 3.22. The Hall–Kier alpha value is -1.86. The van der Waals surface area contributed by atoms with Crippen LogP contribution in [0.2, 0.25) is 0 Å². The summed E-state index contributed by atoms with van der Waals surface area (Å²) in [5.74, 6) is 0. The van der Waals surface area contributed by atoms with E-state index in [1.54, 1.807) is 0 Å². The summed E-state index contributed by atoms with van der Waals surface area (Å²) < 4.78 is 0. The first kappa shape index (κ1) is 14.1. The fraction of sp³-hybridized carbons (Fsp3) is 0.300. The summed E-state index contributed by atoms with van der Waals surface area (Å²) >= 11 is 0. The van der Waals surface area contributed by atoms with Gasteiger partial charge in [0.2, 0.25) is 0 Å². The third-order valence-corrected chi connectivity index (χ3v) is 4.21. The third-order valence-electron chi connectivity index (χ3n) is 4.21. The molecule has 0 spiro atoms. The van der Waals surface area contributed by atoms with E-state index in [-0.39, 0.29) is 0 Å². The first-order valence-electron chi connectivity index (χ1n) is 7.87. The zero-order valence-electron chi connectivity index (χ0n) is 12.8. The molecule has 0 amide bonds. The van der Waals surface area contributed by atoms with Crippen LogP contribution in [0.1, 0.15) is 30.9 Å². The Morgan fingerprint density at radius 1 is 0.810 bits per heavy atom. The molecule has 108 valence electrons. The first-order chi connectivity index (χ1) is 10.3. The second kappa shape index (κ2) is 6.73. The van der Waals surface area contributed by atoms with E-state index in [0.29, 0.717) is 0 Å². The molecule has 0 atom stereocenters. The van der Waals surface area contributed by atoms with Crippen LogP contribution in [0.15, 0.2) is 66.2 Å². The lowest BCUT2D eigenvalue weighted by Gasteiger charge is -2.19. The SMILES string of the molecule is CC(CN1CCCC1)=C(c1ccccc1)c1ccccc1. The summed E-state index contributed by atoms with van der Waals surface area (Å²) in [5, 5.41) is 0. The molecule has 0 aromatic heterocycles. The molecule has 0 aliphatic carbocycles. The minimum absolute atomic E-state index is 1.08. The maximum atomic E-state index is 2.57. The molecule has 1 aliphatic rings. The van der Waals surface area contributed by atoms with Gasteiger partial charge in [-0.3, -0.25) is 4.90 Å². The van der Waals surface area contributed by atoms with Gasteiger partial charge in [0.1, 0.15) is 0 Å². The number of nitrogens with zero attached hydrogens (tertiary/aromatic N) is 1. The van der Waals surface area contributed by atoms with Gasteiger partial charge in [0, 0.05) is 6.54 Å². The quantitative estimate of drug-likeness (QED) is 0.789. The van der Waals surface area contributed by atoms with Gasteiger partial charge < -0.3 is 0 Å². The van der Waals surface area contributed by atoms with Gasteiger partial charge in [-0.25, -0.2) is 0 Å². The molecular weight excluding hydrogens is 254 g/mol. The molecular formula is C20H23N. The molecule has 0 saturated carbocycles. The molecule has 1 heteroatoms. The second-order valence-electron chi connectivity index (χ2n) is 5.87. The highest BCUT2D eigenvalue weighted by molar-refractivity contribution is 5.82. The standard InChI is InChI=1S/C20H23N/c1-17(16-21-14-8-9-15-21)20(18-10-4-2-5-11-18)19-12-6-3-7-13-19/h2-7,10-13H,8-9,14-16H2,1H3. The van der Waals surface area contributed by atoms with Crippen LogP contribution >= 0.6 is 0 Å². The maximum absolute atomic E-state index is 2.57. The van der Waals surface area contributed by atoms with Crippen molar-refractivity contribution in [3.63, 3.8) is 0 Å². The molecule has 2 aromatic rings. The van der Waals surface area contributed by atoms with E-state index in [2.05, 4.69) is 72.5 Å². The topological polar surface area (TPSA) is 3.24 Å². The van der Waals surface area contributed by atoms with Gasteiger partial charge >= 0.3 is 0 Å². The molecule has 1 heterocycles. The Kier molecular flexibility index (Phi) is 4.52. The van der Waals surface area contributed by atoms with Crippen LogP contribution in [0, 0.1) is 0 Å². The van der Waals surface area contributed by atoms with E-state index in [4.69, 9.17) is 0 Å². The molecule has 0 bridgehead atoms. The highest BCUT2D eigenvalue weighted by Crippen LogP contribution is 2.27. The minimum Gasteiger partial charge on any atom is -0.299 e. The summed E-state index contributed by atoms with van der Waals surface area (Å²) in [5.41, 5.74) is 5.50. The number of rotatable bonds is 4. The average Bonchev–Trinajstić information content (AvgIpc) is 3.02. The molecule has 1 aliphatic heterocycles. The molecule has 21 heavy (non-hydrogen) atoms. The van der Waals surface area contributed by atoms with Gasteiger partial charge in [0.05, 0.1) is 0 Å². The van der Waals surface area contributed by atoms with Crippen molar-refractivity contribution < 1.29 is 0 Å². The monoisotopic (exact) mass is 277 g/mol. The van der Waals surface area contributed by atoms with Gasteiger partial charge in [-0.1, -0.05) is 66.2 Å². The van der Waals surface area contributed by atoms with Crippen molar-refractivity contribution in [3.05, 3.63) is 77.4 Å². The second-order valence-corrected chi connectivity index (χ2v) is 5.87. The predicted molar refractivity (Wildman–Crippen MR) is 90.3 cm³/mol. The molecule has 1 saturated heterocycles. The van der Waals surface area contributed by atoms with E-state index in [0.717, 1.165) is 6.54 Å². The molecule has 0 radical (unpaired) electrons. The van der Waals surface area contributed by atoms with Crippen LogP contribution in [0.25, 0.3) is 5.57 Å². The lowest BCUT2D eigenvalue weighted by molar-refractivity contribution is 0.369. The van der Waals surface area contributed by atoms with E-state index >= 15 is 0 Å². The number of benzene rings is 2. The Morgan fingerprint density at radius 2 is 1.29 bits per heavy atom. The molecule has 0 N–H and O–H groups in total. The van der Waals surface area contributed by atoms with Gasteiger partial charge in [0.15, 0.2) is 0 Å². The summed E-state index contributed by atoms with van der Waals surface area (Å²) in [4.78, 5) is 2.57. The average molecular weight is 277 g/mol. The molecule has 1 fully saturated rings. The van der Waals surface area contributed by atoms with Crippen molar-refractivity contribution in [2.45, 2.75) is 19.8 Å². The van der Waals surface area contributed by atoms with Crippen LogP contribution in [0.3, 0.4) is 0 Å². The van der Waals surface area contributed by atoms with Crippen LogP contribution in [0.4, 0.5) is 0 Å². The fourth-order valence-electron chi connectivity index (χ4n) is 3.22. The maximum Gasteiger partial charge on any atom is 0.0199 e. The Balaban J connectivity index is 1.99. The molecule has 0 unspecified atom stereocenters. The van der Waals surface area contributed by atoms with Crippen LogP contribution < -0.4 is 0 Å². The van der Waals surface area contributed by atoms with E-state index in [1.165, 1.54) is 48.2 Å². The minimum atomic E-state index is 1.08. The van der Waals surface area contributed by atoms with Gasteiger partial charge in [0.25, 0.3) is 0 Å². The normalized spacial score (nSPS) is 15.1. The smallest absolute Gasteiger partial charge is 0.0199 e. The van der Waals surface area contributed by atoms with Crippen molar-refractivity contribution in [1.29, 1.82) is 0 Å². The van der Waals surface area contributed by atoms with Crippen LogP contribution in [-0.4, -0.2) is 24.5 Å². The van der Waals surface area contributed by atoms with Gasteiger partial charge in [-0.15, -0.1) is 0 Å². The summed E-state index contributed by atoms with van der Waals surface area (Å²) in [6.45, 7) is 5.86. The highest BCUT2D eigenvalue weighted by Gasteiger charge is 2.15. The van der Waals surface area contributed by atoms with Crippen molar-refractivity contribution in [2.75, 3.05) is 19.6 Å².